The summed E-state index contributed by atoms with van der Waals surface area (Å²) in [6.45, 7) is 15.0. The SMILES string of the molecule is Cc1cccc(C)c1NC(C)CNCC(C)Nc1c(C)cccc1C. The molecule has 2 unspecified atom stereocenters. The monoisotopic (exact) mass is 339 g/mol. The van der Waals surface area contributed by atoms with Gasteiger partial charge >= 0.3 is 0 Å². The zero-order valence-corrected chi connectivity index (χ0v) is 16.5. The molecule has 0 amide bonds. The molecule has 3 nitrogen and oxygen atoms in total. The number of rotatable bonds is 8. The molecule has 0 saturated carbocycles. The summed E-state index contributed by atoms with van der Waals surface area (Å²) in [5.41, 5.74) is 7.74. The van der Waals surface area contributed by atoms with Crippen LogP contribution in [-0.4, -0.2) is 25.2 Å². The van der Waals surface area contributed by atoms with Crippen LogP contribution < -0.4 is 16.0 Å². The van der Waals surface area contributed by atoms with E-state index in [0.29, 0.717) is 12.1 Å². The van der Waals surface area contributed by atoms with Crippen LogP contribution in [0.5, 0.6) is 0 Å². The smallest absolute Gasteiger partial charge is 0.0402 e. The van der Waals surface area contributed by atoms with Crippen molar-refractivity contribution in [2.75, 3.05) is 23.7 Å². The third-order valence-electron chi connectivity index (χ3n) is 4.64. The average molecular weight is 340 g/mol. The fourth-order valence-electron chi connectivity index (χ4n) is 3.20. The number of nitrogens with one attached hydrogen (secondary N) is 3. The largest absolute Gasteiger partial charge is 0.381 e. The molecule has 136 valence electrons. The van der Waals surface area contributed by atoms with Crippen LogP contribution in [0.3, 0.4) is 0 Å². The molecule has 2 aromatic rings. The number of anilines is 2. The van der Waals surface area contributed by atoms with Gasteiger partial charge in [0.05, 0.1) is 0 Å². The van der Waals surface area contributed by atoms with Crippen LogP contribution in [0.15, 0.2) is 36.4 Å². The maximum atomic E-state index is 3.64. The Bertz CT molecular complexity index is 594. The second-order valence-electron chi connectivity index (χ2n) is 7.28. The zero-order chi connectivity index (χ0) is 18.4. The van der Waals surface area contributed by atoms with Crippen LogP contribution >= 0.6 is 0 Å². The van der Waals surface area contributed by atoms with Gasteiger partial charge in [0.2, 0.25) is 0 Å². The molecule has 2 rings (SSSR count). The predicted molar refractivity (Wildman–Crippen MR) is 111 cm³/mol. The van der Waals surface area contributed by atoms with E-state index in [1.807, 2.05) is 0 Å². The molecule has 0 aliphatic heterocycles. The highest BCUT2D eigenvalue weighted by Crippen LogP contribution is 2.21. The molecule has 0 bridgehead atoms. The Morgan fingerprint density at radius 3 is 1.28 bits per heavy atom. The van der Waals surface area contributed by atoms with Crippen LogP contribution in [0.2, 0.25) is 0 Å². The van der Waals surface area contributed by atoms with Gasteiger partial charge in [0.25, 0.3) is 0 Å². The van der Waals surface area contributed by atoms with Crippen molar-refractivity contribution >= 4 is 11.4 Å². The van der Waals surface area contributed by atoms with E-state index >= 15 is 0 Å². The molecule has 0 aliphatic rings. The maximum absolute atomic E-state index is 3.64. The van der Waals surface area contributed by atoms with E-state index < -0.39 is 0 Å². The first-order valence-electron chi connectivity index (χ1n) is 9.24. The summed E-state index contributed by atoms with van der Waals surface area (Å²) in [6.07, 6.45) is 0. The Balaban J connectivity index is 1.80. The second kappa shape index (κ2) is 8.91. The molecule has 0 fully saturated rings. The lowest BCUT2D eigenvalue weighted by atomic mass is 10.1. The molecular formula is C22H33N3. The van der Waals surface area contributed by atoms with E-state index in [0.717, 1.165) is 13.1 Å². The molecule has 0 aliphatic carbocycles. The van der Waals surface area contributed by atoms with E-state index in [1.54, 1.807) is 0 Å². The lowest BCUT2D eigenvalue weighted by molar-refractivity contribution is 0.596. The van der Waals surface area contributed by atoms with Crippen molar-refractivity contribution < 1.29 is 0 Å². The van der Waals surface area contributed by atoms with Crippen LogP contribution in [0.1, 0.15) is 36.1 Å². The third-order valence-corrected chi connectivity index (χ3v) is 4.64. The molecule has 0 radical (unpaired) electrons. The van der Waals surface area contributed by atoms with Crippen LogP contribution in [0, 0.1) is 27.7 Å². The fraction of sp³-hybridized carbons (Fsp3) is 0.455. The van der Waals surface area contributed by atoms with E-state index in [4.69, 9.17) is 0 Å². The minimum absolute atomic E-state index is 0.382. The molecular weight excluding hydrogens is 306 g/mol. The van der Waals surface area contributed by atoms with E-state index in [-0.39, 0.29) is 0 Å². The first-order valence-corrected chi connectivity index (χ1v) is 9.24. The highest BCUT2D eigenvalue weighted by atomic mass is 15.0. The molecule has 0 spiro atoms. The number of hydrogen-bond acceptors (Lipinski definition) is 3. The van der Waals surface area contributed by atoms with Crippen molar-refractivity contribution in [3.8, 4) is 0 Å². The lowest BCUT2D eigenvalue weighted by Gasteiger charge is -2.22. The van der Waals surface area contributed by atoms with E-state index in [2.05, 4.69) is 93.9 Å². The Morgan fingerprint density at radius 2 is 0.960 bits per heavy atom. The fourth-order valence-corrected chi connectivity index (χ4v) is 3.20. The maximum Gasteiger partial charge on any atom is 0.0402 e. The Morgan fingerprint density at radius 1 is 0.640 bits per heavy atom. The first-order chi connectivity index (χ1) is 11.9. The minimum Gasteiger partial charge on any atom is -0.381 e. The topological polar surface area (TPSA) is 36.1 Å². The van der Waals surface area contributed by atoms with Crippen molar-refractivity contribution in [2.24, 2.45) is 0 Å². The molecule has 2 aromatic carbocycles. The Kier molecular flexibility index (Phi) is 6.89. The summed E-state index contributed by atoms with van der Waals surface area (Å²) >= 11 is 0. The summed E-state index contributed by atoms with van der Waals surface area (Å²) in [7, 11) is 0. The number of aryl methyl sites for hydroxylation is 4. The highest BCUT2D eigenvalue weighted by molar-refractivity contribution is 5.58. The Labute approximate surface area is 153 Å². The van der Waals surface area contributed by atoms with Gasteiger partial charge in [-0.2, -0.15) is 0 Å². The van der Waals surface area contributed by atoms with Gasteiger partial charge in [0.1, 0.15) is 0 Å². The van der Waals surface area contributed by atoms with Gasteiger partial charge in [0.15, 0.2) is 0 Å². The molecule has 0 aromatic heterocycles. The highest BCUT2D eigenvalue weighted by Gasteiger charge is 2.09. The van der Waals surface area contributed by atoms with Gasteiger partial charge in [-0.3, -0.25) is 0 Å². The van der Waals surface area contributed by atoms with Crippen LogP contribution in [0.25, 0.3) is 0 Å². The standard InChI is InChI=1S/C22H33N3/c1-15-9-7-10-16(2)21(15)24-19(5)13-23-14-20(6)25-22-17(3)11-8-12-18(22)4/h7-12,19-20,23-25H,13-14H2,1-6H3. The summed E-state index contributed by atoms with van der Waals surface area (Å²) in [5, 5.41) is 10.9. The van der Waals surface area contributed by atoms with Crippen molar-refractivity contribution in [1.82, 2.24) is 5.32 Å². The predicted octanol–water partition coefficient (Wildman–Crippen LogP) is 4.81. The molecule has 25 heavy (non-hydrogen) atoms. The quantitative estimate of drug-likeness (QED) is 0.646. The van der Waals surface area contributed by atoms with Gasteiger partial charge in [-0.05, 0) is 63.8 Å². The number of hydrogen-bond donors (Lipinski definition) is 3. The molecule has 0 heterocycles. The first kappa shape index (κ1) is 19.3. The average Bonchev–Trinajstić information content (AvgIpc) is 2.55. The van der Waals surface area contributed by atoms with E-state index in [1.165, 1.54) is 33.6 Å². The minimum atomic E-state index is 0.382. The normalized spacial score (nSPS) is 13.4. The number of para-hydroxylation sites is 2. The molecule has 3 heteroatoms. The summed E-state index contributed by atoms with van der Waals surface area (Å²) in [6, 6.07) is 13.6. The summed E-state index contributed by atoms with van der Waals surface area (Å²) < 4.78 is 0. The second-order valence-corrected chi connectivity index (χ2v) is 7.28. The molecule has 2 atom stereocenters. The zero-order valence-electron chi connectivity index (χ0n) is 16.5. The van der Waals surface area contributed by atoms with Crippen molar-refractivity contribution in [3.63, 3.8) is 0 Å². The van der Waals surface area contributed by atoms with Gasteiger partial charge in [-0.15, -0.1) is 0 Å². The number of benzene rings is 2. The van der Waals surface area contributed by atoms with Gasteiger partial charge in [-0.1, -0.05) is 36.4 Å². The van der Waals surface area contributed by atoms with Crippen LogP contribution in [-0.2, 0) is 0 Å². The third kappa shape index (κ3) is 5.50. The van der Waals surface area contributed by atoms with Crippen molar-refractivity contribution in [3.05, 3.63) is 58.7 Å². The van der Waals surface area contributed by atoms with Gasteiger partial charge < -0.3 is 16.0 Å². The van der Waals surface area contributed by atoms with Crippen molar-refractivity contribution in [2.45, 2.75) is 53.6 Å². The Hall–Kier alpha value is -2.00. The van der Waals surface area contributed by atoms with Crippen molar-refractivity contribution in [1.29, 1.82) is 0 Å². The molecule has 3 N–H and O–H groups in total. The van der Waals surface area contributed by atoms with Crippen LogP contribution in [0.4, 0.5) is 11.4 Å². The van der Waals surface area contributed by atoms with Gasteiger partial charge in [-0.25, -0.2) is 0 Å². The lowest BCUT2D eigenvalue weighted by Crippen LogP contribution is -2.37. The van der Waals surface area contributed by atoms with E-state index in [9.17, 15) is 0 Å². The summed E-state index contributed by atoms with van der Waals surface area (Å²) in [5.74, 6) is 0. The summed E-state index contributed by atoms with van der Waals surface area (Å²) in [4.78, 5) is 0. The van der Waals surface area contributed by atoms with Gasteiger partial charge in [0, 0.05) is 36.5 Å². The molecule has 0 saturated heterocycles.